The van der Waals surface area contributed by atoms with Crippen LogP contribution in [0.2, 0.25) is 0 Å². The average Bonchev–Trinajstić information content (AvgIpc) is 2.26. The van der Waals surface area contributed by atoms with E-state index < -0.39 is 15.7 Å². The van der Waals surface area contributed by atoms with Crippen LogP contribution in [0.25, 0.3) is 0 Å². The van der Waals surface area contributed by atoms with Gasteiger partial charge < -0.3 is 10.5 Å². The molecule has 98 valence electrons. The van der Waals surface area contributed by atoms with Gasteiger partial charge in [0.2, 0.25) is 0 Å². The van der Waals surface area contributed by atoms with Gasteiger partial charge in [-0.25, -0.2) is 12.8 Å². The van der Waals surface area contributed by atoms with Crippen molar-refractivity contribution in [2.24, 2.45) is 5.73 Å². The van der Waals surface area contributed by atoms with Gasteiger partial charge in [-0.2, -0.15) is 0 Å². The summed E-state index contributed by atoms with van der Waals surface area (Å²) >= 11 is 0. The van der Waals surface area contributed by atoms with E-state index in [4.69, 9.17) is 10.5 Å². The molecule has 6 heteroatoms. The molecule has 18 heavy (non-hydrogen) atoms. The second kappa shape index (κ2) is 6.38. The fraction of sp³-hybridized carbons (Fsp3) is 0.333. The molecule has 2 N–H and O–H groups in total. The number of ether oxygens (including phenoxy) is 1. The first-order valence-electron chi connectivity index (χ1n) is 5.21. The van der Waals surface area contributed by atoms with Crippen LogP contribution in [-0.4, -0.2) is 33.6 Å². The Kier molecular flexibility index (Phi) is 5.13. The van der Waals surface area contributed by atoms with Crippen molar-refractivity contribution in [1.29, 1.82) is 0 Å². The van der Waals surface area contributed by atoms with Crippen LogP contribution in [0.1, 0.15) is 5.56 Å². The first-order valence-corrected chi connectivity index (χ1v) is 7.27. The summed E-state index contributed by atoms with van der Waals surface area (Å²) in [5.41, 5.74) is 5.42. The zero-order chi connectivity index (χ0) is 13.6. The topological polar surface area (TPSA) is 69.4 Å². The zero-order valence-electron chi connectivity index (χ0n) is 9.94. The van der Waals surface area contributed by atoms with E-state index in [-0.39, 0.29) is 30.2 Å². The van der Waals surface area contributed by atoms with E-state index in [1.807, 2.05) is 0 Å². The molecular formula is C12H14FNO3S. The molecule has 0 aliphatic rings. The average molecular weight is 271 g/mol. The van der Waals surface area contributed by atoms with E-state index in [1.165, 1.54) is 18.2 Å². The summed E-state index contributed by atoms with van der Waals surface area (Å²) in [7, 11) is -3.08. The molecule has 0 saturated carbocycles. The molecule has 1 rings (SSSR count). The zero-order valence-corrected chi connectivity index (χ0v) is 10.8. The largest absolute Gasteiger partial charge is 0.492 e. The number of nitrogens with two attached hydrogens (primary N) is 1. The van der Waals surface area contributed by atoms with Crippen molar-refractivity contribution in [2.75, 3.05) is 25.2 Å². The predicted octanol–water partition coefficient (Wildman–Crippen LogP) is 0.559. The lowest BCUT2D eigenvalue weighted by Gasteiger charge is -2.05. The van der Waals surface area contributed by atoms with Gasteiger partial charge in [0.15, 0.2) is 9.84 Å². The maximum absolute atomic E-state index is 13.5. The Morgan fingerprint density at radius 2 is 2.17 bits per heavy atom. The van der Waals surface area contributed by atoms with Gasteiger partial charge in [0, 0.05) is 12.3 Å². The lowest BCUT2D eigenvalue weighted by atomic mass is 10.2. The number of benzene rings is 1. The van der Waals surface area contributed by atoms with Gasteiger partial charge in [-0.15, -0.1) is 0 Å². The Morgan fingerprint density at radius 1 is 1.44 bits per heavy atom. The predicted molar refractivity (Wildman–Crippen MR) is 67.5 cm³/mol. The Bertz CT molecular complexity index is 573. The molecule has 0 saturated heterocycles. The minimum Gasteiger partial charge on any atom is -0.492 e. The highest BCUT2D eigenvalue weighted by molar-refractivity contribution is 7.90. The molecule has 0 spiro atoms. The Labute approximate surface area is 106 Å². The minimum atomic E-state index is -3.08. The van der Waals surface area contributed by atoms with E-state index >= 15 is 0 Å². The fourth-order valence-electron chi connectivity index (χ4n) is 1.14. The number of halogens is 1. The van der Waals surface area contributed by atoms with Gasteiger partial charge in [0.1, 0.15) is 18.2 Å². The Balaban J connectivity index is 2.67. The van der Waals surface area contributed by atoms with Crippen molar-refractivity contribution >= 4 is 9.84 Å². The minimum absolute atomic E-state index is 0.00784. The number of sulfone groups is 1. The van der Waals surface area contributed by atoms with Crippen molar-refractivity contribution in [3.05, 3.63) is 29.6 Å². The lowest BCUT2D eigenvalue weighted by Crippen LogP contribution is -2.12. The summed E-state index contributed by atoms with van der Waals surface area (Å²) in [6.07, 6.45) is 1.11. The van der Waals surface area contributed by atoms with Crippen LogP contribution < -0.4 is 10.5 Å². The molecular weight excluding hydrogens is 257 g/mol. The van der Waals surface area contributed by atoms with Gasteiger partial charge in [-0.05, 0) is 12.1 Å². The van der Waals surface area contributed by atoms with E-state index in [2.05, 4.69) is 11.8 Å². The summed E-state index contributed by atoms with van der Waals surface area (Å²) in [6.45, 7) is 0.151. The van der Waals surface area contributed by atoms with Crippen LogP contribution in [-0.2, 0) is 9.84 Å². The molecule has 0 aliphatic heterocycles. The Hall–Kier alpha value is -1.58. The van der Waals surface area contributed by atoms with E-state index in [0.29, 0.717) is 0 Å². The standard InChI is InChI=1S/C12H14FNO3S/c1-18(15,16)8-7-17-11-5-4-10(3-2-6-14)12(13)9-11/h4-5,9H,6-8,14H2,1H3. The second-order valence-corrected chi connectivity index (χ2v) is 5.89. The van der Waals surface area contributed by atoms with Gasteiger partial charge in [0.25, 0.3) is 0 Å². The fourth-order valence-corrected chi connectivity index (χ4v) is 1.53. The highest BCUT2D eigenvalue weighted by atomic mass is 32.2. The van der Waals surface area contributed by atoms with Crippen LogP contribution in [0.15, 0.2) is 18.2 Å². The van der Waals surface area contributed by atoms with E-state index in [1.54, 1.807) is 0 Å². The second-order valence-electron chi connectivity index (χ2n) is 3.63. The SMILES string of the molecule is CS(=O)(=O)CCOc1ccc(C#CCN)c(F)c1. The van der Waals surface area contributed by atoms with Crippen molar-refractivity contribution in [1.82, 2.24) is 0 Å². The summed E-state index contributed by atoms with van der Waals surface area (Å²) in [5, 5.41) is 0. The maximum atomic E-state index is 13.5. The summed E-state index contributed by atoms with van der Waals surface area (Å²) < 4.78 is 40.4. The number of hydrogen-bond donors (Lipinski definition) is 1. The van der Waals surface area contributed by atoms with Crippen molar-refractivity contribution in [3.63, 3.8) is 0 Å². The Morgan fingerprint density at radius 3 is 2.72 bits per heavy atom. The lowest BCUT2D eigenvalue weighted by molar-refractivity contribution is 0.339. The molecule has 0 aromatic heterocycles. The highest BCUT2D eigenvalue weighted by Gasteiger charge is 2.05. The molecule has 1 aromatic carbocycles. The first kappa shape index (κ1) is 14.5. The molecule has 0 heterocycles. The van der Waals surface area contributed by atoms with E-state index in [9.17, 15) is 12.8 Å². The quantitative estimate of drug-likeness (QED) is 0.812. The van der Waals surface area contributed by atoms with Crippen LogP contribution in [0.5, 0.6) is 5.75 Å². The summed E-state index contributed by atoms with van der Waals surface area (Å²) in [6, 6.07) is 4.17. The molecule has 0 bridgehead atoms. The van der Waals surface area contributed by atoms with Gasteiger partial charge in [0.05, 0.1) is 17.9 Å². The van der Waals surface area contributed by atoms with Crippen LogP contribution in [0.3, 0.4) is 0 Å². The molecule has 4 nitrogen and oxygen atoms in total. The maximum Gasteiger partial charge on any atom is 0.150 e. The third-order valence-corrected chi connectivity index (χ3v) is 2.90. The molecule has 0 amide bonds. The highest BCUT2D eigenvalue weighted by Crippen LogP contribution is 2.16. The van der Waals surface area contributed by atoms with Crippen molar-refractivity contribution in [3.8, 4) is 17.6 Å². The summed E-state index contributed by atoms with van der Waals surface area (Å²) in [4.78, 5) is 0. The first-order chi connectivity index (χ1) is 8.42. The molecule has 0 radical (unpaired) electrons. The van der Waals surface area contributed by atoms with Gasteiger partial charge >= 0.3 is 0 Å². The van der Waals surface area contributed by atoms with Gasteiger partial charge in [-0.3, -0.25) is 0 Å². The molecule has 0 fully saturated rings. The van der Waals surface area contributed by atoms with Crippen molar-refractivity contribution < 1.29 is 17.5 Å². The van der Waals surface area contributed by atoms with Crippen LogP contribution in [0.4, 0.5) is 4.39 Å². The third-order valence-electron chi connectivity index (χ3n) is 1.99. The monoisotopic (exact) mass is 271 g/mol. The molecule has 0 unspecified atom stereocenters. The van der Waals surface area contributed by atoms with Gasteiger partial charge in [-0.1, -0.05) is 11.8 Å². The molecule has 0 aliphatic carbocycles. The molecule has 1 aromatic rings. The van der Waals surface area contributed by atoms with Crippen LogP contribution >= 0.6 is 0 Å². The van der Waals surface area contributed by atoms with Crippen LogP contribution in [0, 0.1) is 17.7 Å². The smallest absolute Gasteiger partial charge is 0.150 e. The normalized spacial score (nSPS) is 10.6. The van der Waals surface area contributed by atoms with Crippen molar-refractivity contribution in [2.45, 2.75) is 0 Å². The third kappa shape index (κ3) is 5.17. The molecule has 0 atom stereocenters. The summed E-state index contributed by atoms with van der Waals surface area (Å²) in [5.74, 6) is 4.77. The number of hydrogen-bond acceptors (Lipinski definition) is 4. The number of rotatable bonds is 4. The van der Waals surface area contributed by atoms with E-state index in [0.717, 1.165) is 6.26 Å².